The first-order valence-electron chi connectivity index (χ1n) is 8.21. The third kappa shape index (κ3) is 4.55. The Morgan fingerprint density at radius 1 is 1.36 bits per heavy atom. The maximum absolute atomic E-state index is 12.4. The molecule has 0 bridgehead atoms. The fraction of sp³-hybridized carbons (Fsp3) is 0.611. The molecule has 0 aromatic heterocycles. The topological polar surface area (TPSA) is 41.6 Å². The molecule has 4 nitrogen and oxygen atoms in total. The molecule has 1 aliphatic rings. The molecule has 1 saturated heterocycles. The fourth-order valence-corrected chi connectivity index (χ4v) is 2.96. The van der Waals surface area contributed by atoms with Crippen LogP contribution in [0.1, 0.15) is 42.6 Å². The summed E-state index contributed by atoms with van der Waals surface area (Å²) >= 11 is 0. The van der Waals surface area contributed by atoms with Gasteiger partial charge < -0.3 is 10.1 Å². The van der Waals surface area contributed by atoms with E-state index in [0.717, 1.165) is 24.6 Å². The van der Waals surface area contributed by atoms with Gasteiger partial charge in [0.1, 0.15) is 0 Å². The summed E-state index contributed by atoms with van der Waals surface area (Å²) in [6, 6.07) is 8.00. The number of rotatable bonds is 6. The Balaban J connectivity index is 1.87. The largest absolute Gasteiger partial charge is 0.380 e. The lowest BCUT2D eigenvalue weighted by molar-refractivity contribution is 0.0917. The molecule has 2 rings (SSSR count). The van der Waals surface area contributed by atoms with Gasteiger partial charge in [-0.05, 0) is 50.4 Å². The Hall–Kier alpha value is -1.39. The Morgan fingerprint density at radius 3 is 2.73 bits per heavy atom. The molecule has 0 radical (unpaired) electrons. The van der Waals surface area contributed by atoms with Crippen molar-refractivity contribution in [2.24, 2.45) is 5.92 Å². The number of nitrogens with zero attached hydrogens (tertiary/aromatic N) is 1. The predicted molar refractivity (Wildman–Crippen MR) is 88.9 cm³/mol. The molecule has 1 unspecified atom stereocenters. The van der Waals surface area contributed by atoms with Gasteiger partial charge >= 0.3 is 0 Å². The number of hydrogen-bond donors (Lipinski definition) is 1. The van der Waals surface area contributed by atoms with Crippen LogP contribution in [0.2, 0.25) is 0 Å². The zero-order valence-corrected chi connectivity index (χ0v) is 14.0. The number of likely N-dealkylation sites (tertiary alicyclic amines) is 1. The van der Waals surface area contributed by atoms with Crippen molar-refractivity contribution in [3.05, 3.63) is 35.4 Å². The van der Waals surface area contributed by atoms with Crippen molar-refractivity contribution in [1.29, 1.82) is 0 Å². The number of ether oxygens (including phenoxy) is 1. The highest BCUT2D eigenvalue weighted by atomic mass is 16.5. The van der Waals surface area contributed by atoms with Gasteiger partial charge in [-0.15, -0.1) is 0 Å². The first-order chi connectivity index (χ1) is 10.6. The molecule has 1 atom stereocenters. The SMILES string of the molecule is COCc1ccccc1C(=O)NCC(C)N1CCC(C)CC1. The summed E-state index contributed by atoms with van der Waals surface area (Å²) in [4.78, 5) is 14.9. The molecule has 22 heavy (non-hydrogen) atoms. The minimum absolute atomic E-state index is 0.00937. The molecule has 1 heterocycles. The van der Waals surface area contributed by atoms with Gasteiger partial charge in [0.25, 0.3) is 5.91 Å². The first-order valence-corrected chi connectivity index (χ1v) is 8.21. The Labute approximate surface area is 133 Å². The van der Waals surface area contributed by atoms with E-state index in [-0.39, 0.29) is 5.91 Å². The van der Waals surface area contributed by atoms with E-state index in [0.29, 0.717) is 24.8 Å². The lowest BCUT2D eigenvalue weighted by atomic mass is 9.98. The summed E-state index contributed by atoms with van der Waals surface area (Å²) < 4.78 is 5.16. The van der Waals surface area contributed by atoms with Crippen LogP contribution in [0.25, 0.3) is 0 Å². The van der Waals surface area contributed by atoms with Crippen LogP contribution in [-0.2, 0) is 11.3 Å². The number of benzene rings is 1. The van der Waals surface area contributed by atoms with Crippen molar-refractivity contribution in [3.63, 3.8) is 0 Å². The summed E-state index contributed by atoms with van der Waals surface area (Å²) in [6.45, 7) is 7.93. The summed E-state index contributed by atoms with van der Waals surface area (Å²) in [7, 11) is 1.65. The van der Waals surface area contributed by atoms with E-state index in [4.69, 9.17) is 4.74 Å². The van der Waals surface area contributed by atoms with Crippen LogP contribution in [0.3, 0.4) is 0 Å². The second kappa shape index (κ2) is 8.30. The van der Waals surface area contributed by atoms with Crippen LogP contribution in [0.4, 0.5) is 0 Å². The number of carbonyl (C=O) groups is 1. The maximum atomic E-state index is 12.4. The summed E-state index contributed by atoms with van der Waals surface area (Å²) in [5.74, 6) is 0.823. The van der Waals surface area contributed by atoms with Crippen molar-refractivity contribution in [2.45, 2.75) is 39.3 Å². The van der Waals surface area contributed by atoms with Gasteiger partial charge in [0.2, 0.25) is 0 Å². The molecule has 0 saturated carbocycles. The number of methoxy groups -OCH3 is 1. The Morgan fingerprint density at radius 2 is 2.05 bits per heavy atom. The summed E-state index contributed by atoms with van der Waals surface area (Å²) in [6.07, 6.45) is 2.52. The van der Waals surface area contributed by atoms with Gasteiger partial charge in [-0.1, -0.05) is 25.1 Å². The molecule has 1 aliphatic heterocycles. The van der Waals surface area contributed by atoms with Gasteiger partial charge in [-0.2, -0.15) is 0 Å². The normalized spacial score (nSPS) is 18.1. The first kappa shape index (κ1) is 17.0. The zero-order chi connectivity index (χ0) is 15.9. The van der Waals surface area contributed by atoms with E-state index in [2.05, 4.69) is 24.1 Å². The molecule has 1 aromatic carbocycles. The monoisotopic (exact) mass is 304 g/mol. The average molecular weight is 304 g/mol. The predicted octanol–water partition coefficient (Wildman–Crippen LogP) is 2.68. The van der Waals surface area contributed by atoms with Crippen molar-refractivity contribution >= 4 is 5.91 Å². The van der Waals surface area contributed by atoms with Crippen LogP contribution in [0, 0.1) is 5.92 Å². The molecule has 122 valence electrons. The van der Waals surface area contributed by atoms with E-state index in [1.54, 1.807) is 7.11 Å². The summed E-state index contributed by atoms with van der Waals surface area (Å²) in [5.41, 5.74) is 1.64. The minimum atomic E-state index is -0.00937. The van der Waals surface area contributed by atoms with Gasteiger partial charge in [0.05, 0.1) is 6.61 Å². The average Bonchev–Trinajstić information content (AvgIpc) is 2.54. The van der Waals surface area contributed by atoms with Crippen molar-refractivity contribution in [2.75, 3.05) is 26.7 Å². The zero-order valence-electron chi connectivity index (χ0n) is 14.0. The lowest BCUT2D eigenvalue weighted by Gasteiger charge is -2.35. The number of piperidine rings is 1. The molecule has 0 aliphatic carbocycles. The molecular formula is C18H28N2O2. The molecule has 0 spiro atoms. The molecule has 1 fully saturated rings. The standard InChI is InChI=1S/C18H28N2O2/c1-14-8-10-20(11-9-14)15(2)12-19-18(21)17-7-5-4-6-16(17)13-22-3/h4-7,14-15H,8-13H2,1-3H3,(H,19,21). The van der Waals surface area contributed by atoms with Gasteiger partial charge in [0, 0.05) is 25.3 Å². The van der Waals surface area contributed by atoms with Crippen LogP contribution in [-0.4, -0.2) is 43.6 Å². The highest BCUT2D eigenvalue weighted by molar-refractivity contribution is 5.95. The van der Waals surface area contributed by atoms with Gasteiger partial charge in [-0.3, -0.25) is 9.69 Å². The Kier molecular flexibility index (Phi) is 6.40. The molecule has 1 amide bonds. The second-order valence-corrected chi connectivity index (χ2v) is 6.37. The number of nitrogens with one attached hydrogen (secondary N) is 1. The number of hydrogen-bond acceptors (Lipinski definition) is 3. The third-order valence-electron chi connectivity index (χ3n) is 4.56. The Bertz CT molecular complexity index is 482. The molecular weight excluding hydrogens is 276 g/mol. The van der Waals surface area contributed by atoms with Crippen LogP contribution >= 0.6 is 0 Å². The van der Waals surface area contributed by atoms with Crippen LogP contribution < -0.4 is 5.32 Å². The number of carbonyl (C=O) groups excluding carboxylic acids is 1. The van der Waals surface area contributed by atoms with Crippen LogP contribution in [0.15, 0.2) is 24.3 Å². The molecule has 1 N–H and O–H groups in total. The molecule has 1 aromatic rings. The van der Waals surface area contributed by atoms with Gasteiger partial charge in [-0.25, -0.2) is 0 Å². The summed E-state index contributed by atoms with van der Waals surface area (Å²) in [5, 5.41) is 3.07. The van der Waals surface area contributed by atoms with Crippen molar-refractivity contribution in [1.82, 2.24) is 10.2 Å². The molecule has 4 heteroatoms. The number of amides is 1. The minimum Gasteiger partial charge on any atom is -0.380 e. The third-order valence-corrected chi connectivity index (χ3v) is 4.56. The van der Waals surface area contributed by atoms with Crippen LogP contribution in [0.5, 0.6) is 0 Å². The van der Waals surface area contributed by atoms with Crippen molar-refractivity contribution < 1.29 is 9.53 Å². The van der Waals surface area contributed by atoms with E-state index in [9.17, 15) is 4.79 Å². The fourth-order valence-electron chi connectivity index (χ4n) is 2.96. The van der Waals surface area contributed by atoms with Gasteiger partial charge in [0.15, 0.2) is 0 Å². The lowest BCUT2D eigenvalue weighted by Crippen LogP contribution is -2.45. The quantitative estimate of drug-likeness (QED) is 0.878. The van der Waals surface area contributed by atoms with E-state index in [1.807, 2.05) is 24.3 Å². The van der Waals surface area contributed by atoms with E-state index in [1.165, 1.54) is 12.8 Å². The highest BCUT2D eigenvalue weighted by Crippen LogP contribution is 2.17. The highest BCUT2D eigenvalue weighted by Gasteiger charge is 2.21. The van der Waals surface area contributed by atoms with Crippen molar-refractivity contribution in [3.8, 4) is 0 Å². The van der Waals surface area contributed by atoms with E-state index >= 15 is 0 Å². The maximum Gasteiger partial charge on any atom is 0.251 e. The smallest absolute Gasteiger partial charge is 0.251 e. The van der Waals surface area contributed by atoms with E-state index < -0.39 is 0 Å². The second-order valence-electron chi connectivity index (χ2n) is 6.37.